The van der Waals surface area contributed by atoms with E-state index < -0.39 is 0 Å². The number of hydrogen-bond donors (Lipinski definition) is 2. The number of nitrogens with two attached hydrogens (primary N) is 1. The lowest BCUT2D eigenvalue weighted by molar-refractivity contribution is 0.460. The van der Waals surface area contributed by atoms with Gasteiger partial charge in [-0.2, -0.15) is 5.26 Å². The Bertz CT molecular complexity index is 388. The third-order valence-electron chi connectivity index (χ3n) is 2.90. The van der Waals surface area contributed by atoms with Gasteiger partial charge in [-0.25, -0.2) is 4.98 Å². The minimum absolute atomic E-state index is 0.355. The molecule has 0 aliphatic carbocycles. The highest BCUT2D eigenvalue weighted by molar-refractivity contribution is 5.53. The fourth-order valence-electron chi connectivity index (χ4n) is 2.09. The third-order valence-corrected chi connectivity index (χ3v) is 2.90. The van der Waals surface area contributed by atoms with E-state index in [0.29, 0.717) is 17.3 Å². The van der Waals surface area contributed by atoms with Crippen LogP contribution in [0.15, 0.2) is 12.3 Å². The molecular formula is C11H14N4. The van der Waals surface area contributed by atoms with Gasteiger partial charge in [-0.05, 0) is 43.5 Å². The molecule has 78 valence electrons. The molecule has 4 heteroatoms. The molecule has 0 spiro atoms. The molecule has 1 saturated heterocycles. The molecule has 1 aliphatic heterocycles. The zero-order chi connectivity index (χ0) is 10.7. The predicted octanol–water partition coefficient (Wildman–Crippen LogP) is 1.00. The molecule has 1 fully saturated rings. The number of rotatable bonds is 1. The first-order valence-electron chi connectivity index (χ1n) is 5.18. The van der Waals surface area contributed by atoms with Gasteiger partial charge in [0.1, 0.15) is 11.9 Å². The molecule has 0 bridgehead atoms. The normalized spacial score (nSPS) is 17.3. The van der Waals surface area contributed by atoms with Gasteiger partial charge in [-0.1, -0.05) is 0 Å². The second-order valence-electron chi connectivity index (χ2n) is 3.80. The van der Waals surface area contributed by atoms with Gasteiger partial charge >= 0.3 is 0 Å². The lowest BCUT2D eigenvalue weighted by atomic mass is 9.88. The van der Waals surface area contributed by atoms with Crippen molar-refractivity contribution in [1.29, 1.82) is 5.26 Å². The molecule has 2 heterocycles. The zero-order valence-corrected chi connectivity index (χ0v) is 8.53. The van der Waals surface area contributed by atoms with Crippen LogP contribution >= 0.6 is 0 Å². The van der Waals surface area contributed by atoms with Crippen LogP contribution in [-0.2, 0) is 0 Å². The second-order valence-corrected chi connectivity index (χ2v) is 3.80. The summed E-state index contributed by atoms with van der Waals surface area (Å²) in [4.78, 5) is 3.95. The van der Waals surface area contributed by atoms with Gasteiger partial charge in [0.15, 0.2) is 0 Å². The first-order valence-corrected chi connectivity index (χ1v) is 5.18. The molecule has 0 saturated carbocycles. The summed E-state index contributed by atoms with van der Waals surface area (Å²) in [6, 6.07) is 4.07. The SMILES string of the molecule is N#Cc1c(C2CCNCC2)ccnc1N. The van der Waals surface area contributed by atoms with Gasteiger partial charge in [0.2, 0.25) is 0 Å². The summed E-state index contributed by atoms with van der Waals surface area (Å²) in [6.07, 6.45) is 3.82. The number of nitrogen functional groups attached to an aromatic ring is 1. The van der Waals surface area contributed by atoms with Crippen LogP contribution in [0.4, 0.5) is 5.82 Å². The molecule has 2 rings (SSSR count). The van der Waals surface area contributed by atoms with Crippen LogP contribution in [0.2, 0.25) is 0 Å². The van der Waals surface area contributed by atoms with E-state index in [1.54, 1.807) is 6.20 Å². The molecule has 0 aromatic carbocycles. The highest BCUT2D eigenvalue weighted by Gasteiger charge is 2.19. The van der Waals surface area contributed by atoms with Crippen molar-refractivity contribution in [1.82, 2.24) is 10.3 Å². The van der Waals surface area contributed by atoms with E-state index in [0.717, 1.165) is 31.5 Å². The van der Waals surface area contributed by atoms with E-state index in [9.17, 15) is 0 Å². The Morgan fingerprint density at radius 2 is 2.20 bits per heavy atom. The highest BCUT2D eigenvalue weighted by atomic mass is 14.9. The molecule has 4 nitrogen and oxygen atoms in total. The lowest BCUT2D eigenvalue weighted by Crippen LogP contribution is -2.27. The van der Waals surface area contributed by atoms with Crippen LogP contribution < -0.4 is 11.1 Å². The van der Waals surface area contributed by atoms with Crippen molar-refractivity contribution in [3.05, 3.63) is 23.4 Å². The van der Waals surface area contributed by atoms with Gasteiger partial charge in [0, 0.05) is 6.20 Å². The van der Waals surface area contributed by atoms with Crippen molar-refractivity contribution in [3.8, 4) is 6.07 Å². The maximum absolute atomic E-state index is 9.04. The molecule has 1 aliphatic rings. The monoisotopic (exact) mass is 202 g/mol. The molecule has 1 aromatic heterocycles. The van der Waals surface area contributed by atoms with Crippen molar-refractivity contribution in [2.75, 3.05) is 18.8 Å². The standard InChI is InChI=1S/C11H14N4/c12-7-10-9(3-6-15-11(10)13)8-1-4-14-5-2-8/h3,6,8,14H,1-2,4-5H2,(H2,13,15). The summed E-state index contributed by atoms with van der Waals surface area (Å²) in [5, 5.41) is 12.4. The van der Waals surface area contributed by atoms with E-state index >= 15 is 0 Å². The van der Waals surface area contributed by atoms with Crippen LogP contribution in [0.1, 0.15) is 29.9 Å². The quantitative estimate of drug-likeness (QED) is 0.712. The topological polar surface area (TPSA) is 74.7 Å². The number of aromatic nitrogens is 1. The molecule has 0 unspecified atom stereocenters. The number of nitrogens with zero attached hydrogens (tertiary/aromatic N) is 2. The van der Waals surface area contributed by atoms with Crippen molar-refractivity contribution < 1.29 is 0 Å². The maximum atomic E-state index is 9.04. The van der Waals surface area contributed by atoms with Crippen LogP contribution in [-0.4, -0.2) is 18.1 Å². The number of nitriles is 1. The van der Waals surface area contributed by atoms with Gasteiger partial charge in [-0.3, -0.25) is 0 Å². The smallest absolute Gasteiger partial charge is 0.141 e. The zero-order valence-electron chi connectivity index (χ0n) is 8.53. The van der Waals surface area contributed by atoms with Gasteiger partial charge < -0.3 is 11.1 Å². The van der Waals surface area contributed by atoms with Crippen molar-refractivity contribution in [3.63, 3.8) is 0 Å². The number of hydrogen-bond acceptors (Lipinski definition) is 4. The van der Waals surface area contributed by atoms with E-state index in [2.05, 4.69) is 16.4 Å². The fraction of sp³-hybridized carbons (Fsp3) is 0.455. The van der Waals surface area contributed by atoms with Gasteiger partial charge in [-0.15, -0.1) is 0 Å². The Labute approximate surface area is 89.1 Å². The largest absolute Gasteiger partial charge is 0.383 e. The first-order chi connectivity index (χ1) is 7.33. The van der Waals surface area contributed by atoms with E-state index in [4.69, 9.17) is 11.0 Å². The Balaban J connectivity index is 2.34. The van der Waals surface area contributed by atoms with E-state index in [1.807, 2.05) is 6.07 Å². The van der Waals surface area contributed by atoms with E-state index in [-0.39, 0.29) is 0 Å². The summed E-state index contributed by atoms with van der Waals surface area (Å²) in [7, 11) is 0. The summed E-state index contributed by atoms with van der Waals surface area (Å²) < 4.78 is 0. The van der Waals surface area contributed by atoms with Gasteiger partial charge in [0.25, 0.3) is 0 Å². The number of anilines is 1. The summed E-state index contributed by atoms with van der Waals surface area (Å²) in [5.41, 5.74) is 7.31. The molecule has 0 amide bonds. The van der Waals surface area contributed by atoms with Crippen LogP contribution in [0.3, 0.4) is 0 Å². The highest BCUT2D eigenvalue weighted by Crippen LogP contribution is 2.29. The molecule has 3 N–H and O–H groups in total. The van der Waals surface area contributed by atoms with Crippen molar-refractivity contribution >= 4 is 5.82 Å². The van der Waals surface area contributed by atoms with E-state index in [1.165, 1.54) is 0 Å². The maximum Gasteiger partial charge on any atom is 0.141 e. The Morgan fingerprint density at radius 3 is 2.87 bits per heavy atom. The van der Waals surface area contributed by atoms with Crippen molar-refractivity contribution in [2.24, 2.45) is 0 Å². The fourth-order valence-corrected chi connectivity index (χ4v) is 2.09. The predicted molar refractivity (Wildman–Crippen MR) is 58.2 cm³/mol. The van der Waals surface area contributed by atoms with Crippen LogP contribution in [0.5, 0.6) is 0 Å². The third kappa shape index (κ3) is 1.92. The van der Waals surface area contributed by atoms with Crippen LogP contribution in [0.25, 0.3) is 0 Å². The minimum Gasteiger partial charge on any atom is -0.383 e. The average Bonchev–Trinajstić information content (AvgIpc) is 2.30. The minimum atomic E-state index is 0.355. The molecular weight excluding hydrogens is 188 g/mol. The van der Waals surface area contributed by atoms with Crippen molar-refractivity contribution in [2.45, 2.75) is 18.8 Å². The molecule has 0 atom stereocenters. The summed E-state index contributed by atoms with van der Waals surface area (Å²) in [6.45, 7) is 2.02. The Kier molecular flexibility index (Phi) is 2.84. The number of piperidine rings is 1. The first kappa shape index (κ1) is 9.94. The second kappa shape index (κ2) is 4.28. The van der Waals surface area contributed by atoms with Gasteiger partial charge in [0.05, 0.1) is 5.56 Å². The van der Waals surface area contributed by atoms with Crippen LogP contribution in [0, 0.1) is 11.3 Å². The summed E-state index contributed by atoms with van der Waals surface area (Å²) >= 11 is 0. The number of pyridine rings is 1. The molecule has 15 heavy (non-hydrogen) atoms. The Morgan fingerprint density at radius 1 is 1.47 bits per heavy atom. The Hall–Kier alpha value is -1.60. The summed E-state index contributed by atoms with van der Waals surface area (Å²) in [5.74, 6) is 0.805. The number of nitrogens with one attached hydrogen (secondary N) is 1. The average molecular weight is 202 g/mol. The molecule has 1 aromatic rings. The lowest BCUT2D eigenvalue weighted by Gasteiger charge is -2.23. The molecule has 0 radical (unpaired) electrons.